The molecule has 0 aromatic heterocycles. The SMILES string of the molecule is CCCCCC(=O)O[C@@H](C)CC(N)(Cc1ccc(OC(C)=O)c(OC(C)=O)c1)C(=O)O. The largest absolute Gasteiger partial charge is 0.480 e. The van der Waals surface area contributed by atoms with Crippen molar-refractivity contribution in [1.82, 2.24) is 0 Å². The first-order chi connectivity index (χ1) is 14.5. The molecule has 0 amide bonds. The van der Waals surface area contributed by atoms with Crippen LogP contribution in [0.25, 0.3) is 0 Å². The first kappa shape index (κ1) is 26.1. The van der Waals surface area contributed by atoms with E-state index in [1.807, 2.05) is 6.92 Å². The highest BCUT2D eigenvalue weighted by Gasteiger charge is 2.37. The summed E-state index contributed by atoms with van der Waals surface area (Å²) in [5.74, 6) is -2.89. The lowest BCUT2D eigenvalue weighted by atomic mass is 9.86. The summed E-state index contributed by atoms with van der Waals surface area (Å²) in [5.41, 5.74) is 4.86. The number of carbonyl (C=O) groups is 4. The minimum absolute atomic E-state index is 0.0247. The van der Waals surface area contributed by atoms with Crippen molar-refractivity contribution < 1.29 is 38.5 Å². The van der Waals surface area contributed by atoms with Gasteiger partial charge in [-0.05, 0) is 31.0 Å². The van der Waals surface area contributed by atoms with Gasteiger partial charge in [-0.25, -0.2) is 0 Å². The number of benzene rings is 1. The Labute approximate surface area is 181 Å². The molecule has 3 N–H and O–H groups in total. The highest BCUT2D eigenvalue weighted by Crippen LogP contribution is 2.31. The van der Waals surface area contributed by atoms with Gasteiger partial charge in [0.15, 0.2) is 11.5 Å². The number of unbranched alkanes of at least 4 members (excludes halogenated alkanes) is 2. The lowest BCUT2D eigenvalue weighted by Crippen LogP contribution is -2.52. The molecule has 0 heterocycles. The van der Waals surface area contributed by atoms with E-state index in [2.05, 4.69) is 0 Å². The smallest absolute Gasteiger partial charge is 0.324 e. The van der Waals surface area contributed by atoms with Gasteiger partial charge in [-0.15, -0.1) is 0 Å². The lowest BCUT2D eigenvalue weighted by molar-refractivity contribution is -0.153. The van der Waals surface area contributed by atoms with Gasteiger partial charge >= 0.3 is 23.9 Å². The van der Waals surface area contributed by atoms with Crippen LogP contribution >= 0.6 is 0 Å². The highest BCUT2D eigenvalue weighted by molar-refractivity contribution is 5.79. The van der Waals surface area contributed by atoms with Crippen LogP contribution in [0, 0.1) is 0 Å². The number of carboxylic acids is 1. The van der Waals surface area contributed by atoms with Crippen LogP contribution in [0.2, 0.25) is 0 Å². The van der Waals surface area contributed by atoms with Crippen LogP contribution in [0.3, 0.4) is 0 Å². The predicted octanol–water partition coefficient (Wildman–Crippen LogP) is 2.76. The minimum Gasteiger partial charge on any atom is -0.480 e. The molecule has 1 rings (SSSR count). The summed E-state index contributed by atoms with van der Waals surface area (Å²) >= 11 is 0. The Morgan fingerprint density at radius 2 is 1.68 bits per heavy atom. The molecule has 9 nitrogen and oxygen atoms in total. The van der Waals surface area contributed by atoms with E-state index in [4.69, 9.17) is 19.9 Å². The summed E-state index contributed by atoms with van der Waals surface area (Å²) < 4.78 is 15.4. The third-order valence-electron chi connectivity index (χ3n) is 4.43. The van der Waals surface area contributed by atoms with E-state index in [1.54, 1.807) is 6.92 Å². The van der Waals surface area contributed by atoms with Crippen molar-refractivity contribution in [2.24, 2.45) is 5.73 Å². The summed E-state index contributed by atoms with van der Waals surface area (Å²) in [4.78, 5) is 46.4. The first-order valence-corrected chi connectivity index (χ1v) is 10.2. The Balaban J connectivity index is 2.97. The van der Waals surface area contributed by atoms with Crippen molar-refractivity contribution in [2.75, 3.05) is 0 Å². The molecule has 1 unspecified atom stereocenters. The second-order valence-corrected chi connectivity index (χ2v) is 7.57. The molecular weight excluding hydrogens is 406 g/mol. The van der Waals surface area contributed by atoms with Crippen LogP contribution in [-0.2, 0) is 30.3 Å². The third-order valence-corrected chi connectivity index (χ3v) is 4.43. The quantitative estimate of drug-likeness (QED) is 0.287. The summed E-state index contributed by atoms with van der Waals surface area (Å²) in [6, 6.07) is 4.32. The average Bonchev–Trinajstić information content (AvgIpc) is 2.62. The fraction of sp³-hybridized carbons (Fsp3) is 0.545. The number of nitrogens with two attached hydrogens (primary N) is 1. The van der Waals surface area contributed by atoms with Crippen LogP contribution in [-0.4, -0.2) is 40.6 Å². The highest BCUT2D eigenvalue weighted by atomic mass is 16.6. The maximum atomic E-state index is 11.9. The summed E-state index contributed by atoms with van der Waals surface area (Å²) in [5, 5.41) is 9.72. The fourth-order valence-corrected chi connectivity index (χ4v) is 3.09. The minimum atomic E-state index is -1.74. The van der Waals surface area contributed by atoms with E-state index in [0.717, 1.165) is 12.8 Å². The van der Waals surface area contributed by atoms with Gasteiger partial charge in [0.05, 0.1) is 0 Å². The van der Waals surface area contributed by atoms with Crippen molar-refractivity contribution in [2.45, 2.75) is 77.9 Å². The molecule has 9 heteroatoms. The molecule has 0 aliphatic heterocycles. The van der Waals surface area contributed by atoms with E-state index in [-0.39, 0.29) is 30.8 Å². The van der Waals surface area contributed by atoms with Gasteiger partial charge in [0.1, 0.15) is 11.6 Å². The van der Waals surface area contributed by atoms with E-state index < -0.39 is 35.5 Å². The zero-order valence-corrected chi connectivity index (χ0v) is 18.4. The van der Waals surface area contributed by atoms with Crippen LogP contribution in [0.15, 0.2) is 18.2 Å². The standard InChI is InChI=1S/C22H31NO8/c1-5-6-7-8-20(26)29-14(2)12-22(23,21(27)28)13-17-9-10-18(30-15(3)24)19(11-17)31-16(4)25/h9-11,14H,5-8,12-13,23H2,1-4H3,(H,27,28)/t14-,22?/m0/s1. The fourth-order valence-electron chi connectivity index (χ4n) is 3.09. The number of aliphatic carboxylic acids is 1. The molecule has 2 atom stereocenters. The average molecular weight is 437 g/mol. The zero-order chi connectivity index (χ0) is 23.6. The van der Waals surface area contributed by atoms with Crippen molar-refractivity contribution in [1.29, 1.82) is 0 Å². The monoisotopic (exact) mass is 437 g/mol. The number of esters is 3. The molecule has 1 aromatic carbocycles. The molecule has 0 aliphatic carbocycles. The molecule has 0 fully saturated rings. The molecule has 0 saturated carbocycles. The van der Waals surface area contributed by atoms with Gasteiger partial charge in [-0.1, -0.05) is 25.8 Å². The Morgan fingerprint density at radius 1 is 1.06 bits per heavy atom. The van der Waals surface area contributed by atoms with Crippen molar-refractivity contribution in [3.8, 4) is 11.5 Å². The van der Waals surface area contributed by atoms with E-state index in [9.17, 15) is 24.3 Å². The third kappa shape index (κ3) is 9.17. The second kappa shape index (κ2) is 12.0. The maximum Gasteiger partial charge on any atom is 0.324 e. The Bertz CT molecular complexity index is 807. The molecule has 172 valence electrons. The van der Waals surface area contributed by atoms with Gasteiger partial charge < -0.3 is 25.1 Å². The number of carboxylic acid groups (broad SMARTS) is 1. The molecule has 1 aromatic rings. The topological polar surface area (TPSA) is 142 Å². The first-order valence-electron chi connectivity index (χ1n) is 10.2. The number of carbonyl (C=O) groups excluding carboxylic acids is 3. The summed E-state index contributed by atoms with van der Waals surface area (Å²) in [7, 11) is 0. The summed E-state index contributed by atoms with van der Waals surface area (Å²) in [6.07, 6.45) is 1.91. The van der Waals surface area contributed by atoms with Crippen LogP contribution in [0.1, 0.15) is 65.4 Å². The van der Waals surface area contributed by atoms with E-state index in [0.29, 0.717) is 12.0 Å². The predicted molar refractivity (Wildman–Crippen MR) is 112 cm³/mol. The zero-order valence-electron chi connectivity index (χ0n) is 18.4. The summed E-state index contributed by atoms with van der Waals surface area (Å²) in [6.45, 7) is 6.00. The maximum absolute atomic E-state index is 11.9. The number of hydrogen-bond acceptors (Lipinski definition) is 8. The van der Waals surface area contributed by atoms with Crippen LogP contribution in [0.4, 0.5) is 0 Å². The molecule has 31 heavy (non-hydrogen) atoms. The number of rotatable bonds is 12. The molecule has 0 radical (unpaired) electrons. The lowest BCUT2D eigenvalue weighted by Gasteiger charge is -2.28. The Hall–Kier alpha value is -2.94. The molecular formula is C22H31NO8. The van der Waals surface area contributed by atoms with Crippen LogP contribution < -0.4 is 15.2 Å². The van der Waals surface area contributed by atoms with Crippen molar-refractivity contribution >= 4 is 23.9 Å². The molecule has 0 spiro atoms. The molecule has 0 saturated heterocycles. The van der Waals surface area contributed by atoms with Gasteiger partial charge in [-0.3, -0.25) is 19.2 Å². The van der Waals surface area contributed by atoms with Gasteiger partial charge in [0.25, 0.3) is 0 Å². The number of ether oxygens (including phenoxy) is 3. The van der Waals surface area contributed by atoms with Crippen LogP contribution in [0.5, 0.6) is 11.5 Å². The Kier molecular flexibility index (Phi) is 10.1. The van der Waals surface area contributed by atoms with E-state index in [1.165, 1.54) is 32.0 Å². The van der Waals surface area contributed by atoms with Crippen molar-refractivity contribution in [3.63, 3.8) is 0 Å². The van der Waals surface area contributed by atoms with E-state index >= 15 is 0 Å². The molecule has 0 bridgehead atoms. The normalized spacial score (nSPS) is 13.6. The second-order valence-electron chi connectivity index (χ2n) is 7.57. The number of hydrogen-bond donors (Lipinski definition) is 2. The van der Waals surface area contributed by atoms with Gasteiger partial charge in [-0.2, -0.15) is 0 Å². The van der Waals surface area contributed by atoms with Crippen molar-refractivity contribution in [3.05, 3.63) is 23.8 Å². The van der Waals surface area contributed by atoms with Gasteiger partial charge in [0.2, 0.25) is 0 Å². The van der Waals surface area contributed by atoms with Gasteiger partial charge in [0, 0.05) is 33.1 Å². The Morgan fingerprint density at radius 3 is 2.23 bits per heavy atom. The molecule has 0 aliphatic rings.